The zero-order valence-electron chi connectivity index (χ0n) is 82.4. The molecule has 0 fully saturated rings. The Balaban J connectivity index is 1.17. The van der Waals surface area contributed by atoms with Crippen LogP contribution in [0.2, 0.25) is 0 Å². The maximum atomic E-state index is 15.8. The van der Waals surface area contributed by atoms with Crippen molar-refractivity contribution in [2.75, 3.05) is 40.1 Å². The third-order valence-corrected chi connectivity index (χ3v) is 22.7. The highest BCUT2D eigenvalue weighted by molar-refractivity contribution is 6.00. The predicted molar refractivity (Wildman–Crippen MR) is 528 cm³/mol. The van der Waals surface area contributed by atoms with Crippen molar-refractivity contribution in [1.29, 1.82) is 0 Å². The van der Waals surface area contributed by atoms with Gasteiger partial charge in [-0.2, -0.15) is 0 Å². The van der Waals surface area contributed by atoms with E-state index in [-0.39, 0.29) is 97.3 Å². The summed E-state index contributed by atoms with van der Waals surface area (Å²) in [6, 6.07) is 53.2. The Bertz CT molecular complexity index is 5450. The van der Waals surface area contributed by atoms with Gasteiger partial charge >= 0.3 is 41.8 Å². The highest BCUT2D eigenvalue weighted by atomic mass is 16.6. The van der Waals surface area contributed by atoms with Crippen LogP contribution in [0.25, 0.3) is 0 Å². The van der Waals surface area contributed by atoms with Crippen molar-refractivity contribution in [2.24, 2.45) is 11.8 Å². The molecule has 145 heavy (non-hydrogen) atoms. The van der Waals surface area contributed by atoms with Crippen LogP contribution in [0.4, 0.5) is 0 Å². The van der Waals surface area contributed by atoms with E-state index in [1.54, 1.807) is 233 Å². The lowest BCUT2D eigenvalue weighted by molar-refractivity contribution is -0.156. The first-order chi connectivity index (χ1) is 69.8. The van der Waals surface area contributed by atoms with Crippen molar-refractivity contribution in [1.82, 2.24) is 37.2 Å². The Morgan fingerprint density at radius 3 is 0.897 bits per heavy atom. The number of nitrogens with one attached hydrogen (secondary N) is 7. The van der Waals surface area contributed by atoms with Crippen LogP contribution >= 0.6 is 0 Å². The van der Waals surface area contributed by atoms with E-state index in [0.29, 0.717) is 57.7 Å². The molecule has 9 atom stereocenters. The second-order valence-corrected chi connectivity index (χ2v) is 35.6. The van der Waals surface area contributed by atoms with Crippen LogP contribution in [0.3, 0.4) is 0 Å². The average molecular weight is 2000 g/mol. The number of methoxy groups -OCH3 is 1. The Hall–Kier alpha value is -15.0. The number of hydrogen-bond acceptors (Lipinski definition) is 28. The lowest BCUT2D eigenvalue weighted by Crippen LogP contribution is -2.59. The van der Waals surface area contributed by atoms with Gasteiger partial charge in [-0.15, -0.1) is 0 Å². The molecule has 0 radical (unpaired) electrons. The zero-order chi connectivity index (χ0) is 105. The zero-order valence-corrected chi connectivity index (χ0v) is 82.4. The van der Waals surface area contributed by atoms with Crippen LogP contribution in [-0.2, 0) is 181 Å². The lowest BCUT2D eigenvalue weighted by atomic mass is 9.88. The molecule has 0 heterocycles. The van der Waals surface area contributed by atoms with E-state index in [2.05, 4.69) is 37.2 Å². The number of aromatic hydroxyl groups is 1. The first-order valence-electron chi connectivity index (χ1n) is 48.3. The molecule has 0 aliphatic heterocycles. The maximum Gasteiger partial charge on any atom is 0.308 e. The maximum absolute atomic E-state index is 15.8. The molecule has 0 aromatic heterocycles. The third-order valence-electron chi connectivity index (χ3n) is 22.7. The quantitative estimate of drug-likeness (QED) is 0.00997. The molecule has 0 saturated carbocycles. The molecular weight excluding hydrogens is 1870 g/mol. The summed E-state index contributed by atoms with van der Waals surface area (Å²) in [5.74, 6) is -18.9. The number of hydrogen-bond donors (Lipinski definition) is 8. The smallest absolute Gasteiger partial charge is 0.308 e. The number of ketones is 3. The van der Waals surface area contributed by atoms with Crippen LogP contribution in [-0.4, -0.2) is 194 Å². The summed E-state index contributed by atoms with van der Waals surface area (Å²) in [7, 11) is 1.53. The molecule has 35 heteroatoms. The van der Waals surface area contributed by atoms with E-state index in [1.165, 1.54) is 31.4 Å². The number of carbonyl (C=O) groups excluding carboxylic acids is 17. The normalized spacial score (nSPS) is 12.9. The second kappa shape index (κ2) is 63.8. The van der Waals surface area contributed by atoms with E-state index < -0.39 is 250 Å². The van der Waals surface area contributed by atoms with Crippen molar-refractivity contribution < 1.29 is 134 Å². The van der Waals surface area contributed by atoms with Gasteiger partial charge in [-0.1, -0.05) is 224 Å². The number of Topliss-reactive ketones (excluding diaryl/α,β-unsaturated/α-hetero) is 3. The number of rotatable bonds is 66. The van der Waals surface area contributed by atoms with Gasteiger partial charge in [-0.25, -0.2) is 0 Å². The molecule has 8 aromatic rings. The van der Waals surface area contributed by atoms with Gasteiger partial charge in [0.05, 0.1) is 51.0 Å². The Labute approximate surface area is 843 Å². The van der Waals surface area contributed by atoms with Gasteiger partial charge in [-0.3, -0.25) is 81.5 Å². The van der Waals surface area contributed by atoms with Gasteiger partial charge in [0, 0.05) is 90.3 Å². The fraction of sp³-hybridized carbons (Fsp3) is 0.409. The van der Waals surface area contributed by atoms with Crippen molar-refractivity contribution in [3.63, 3.8) is 0 Å². The molecule has 0 aliphatic rings. The summed E-state index contributed by atoms with van der Waals surface area (Å²) in [5.41, 5.74) is 3.43. The Kier molecular flexibility index (Phi) is 50.8. The molecular formula is C110H131N7O28. The molecule has 8 rings (SSSR count). The number of amides is 7. The summed E-state index contributed by atoms with van der Waals surface area (Å²) in [4.78, 5) is 248. The Morgan fingerprint density at radius 2 is 0.552 bits per heavy atom. The van der Waals surface area contributed by atoms with E-state index in [4.69, 9.17) is 47.4 Å². The number of ether oxygens (including phenoxy) is 10. The van der Waals surface area contributed by atoms with Gasteiger partial charge in [0.25, 0.3) is 0 Å². The fourth-order valence-electron chi connectivity index (χ4n) is 14.9. The molecule has 35 nitrogen and oxygen atoms in total. The molecule has 0 spiro atoms. The van der Waals surface area contributed by atoms with Crippen molar-refractivity contribution in [2.45, 2.75) is 237 Å². The van der Waals surface area contributed by atoms with Gasteiger partial charge in [0.2, 0.25) is 41.4 Å². The minimum Gasteiger partial charge on any atom is -0.508 e. The van der Waals surface area contributed by atoms with Crippen molar-refractivity contribution in [3.8, 4) is 5.75 Å². The molecule has 0 bridgehead atoms. The average Bonchev–Trinajstić information content (AvgIpc) is 0.849. The topological polar surface area (TPSA) is 487 Å². The monoisotopic (exact) mass is 2000 g/mol. The van der Waals surface area contributed by atoms with Gasteiger partial charge in [-0.05, 0) is 135 Å². The summed E-state index contributed by atoms with van der Waals surface area (Å²) < 4.78 is 55.5. The van der Waals surface area contributed by atoms with E-state index in [9.17, 15) is 53.1 Å². The number of esters is 7. The third kappa shape index (κ3) is 46.8. The minimum absolute atomic E-state index is 0.0709. The second-order valence-electron chi connectivity index (χ2n) is 35.6. The van der Waals surface area contributed by atoms with Crippen LogP contribution in [0.1, 0.15) is 181 Å². The Morgan fingerprint density at radius 1 is 0.269 bits per heavy atom. The van der Waals surface area contributed by atoms with Gasteiger partial charge in [0.1, 0.15) is 75.2 Å². The van der Waals surface area contributed by atoms with E-state index in [0.717, 1.165) is 6.92 Å². The van der Waals surface area contributed by atoms with Crippen LogP contribution < -0.4 is 37.2 Å². The summed E-state index contributed by atoms with van der Waals surface area (Å²) in [6.07, 6.45) is -9.59. The number of phenolic OH excluding ortho intramolecular Hbond substituents is 1. The molecule has 0 aliphatic carbocycles. The molecule has 8 N–H and O–H groups in total. The fourth-order valence-corrected chi connectivity index (χ4v) is 14.9. The van der Waals surface area contributed by atoms with Crippen molar-refractivity contribution in [3.05, 3.63) is 281 Å². The van der Waals surface area contributed by atoms with E-state index >= 15 is 33.6 Å². The molecule has 8 aromatic carbocycles. The minimum atomic E-state index is -1.99. The molecule has 0 saturated heterocycles. The lowest BCUT2D eigenvalue weighted by Gasteiger charge is -2.28. The standard InChI is InChI=1S/C110H131N7O28/c1-75(118)111-93(68-103(129)145-110(2,3)4)96(122)67-85(64-77-43-46-86(119)47-44-77)105(131)117-92(65-76-28-13-6-14-29-76)95(121)66-84(45-53-97(123)139-69-78-30-15-7-16-31-78)104(130)113-88(49-55-99(125)141-71-80-34-19-9-20-35-80)107(133)115-90(51-57-101(127)143-73-82-38-23-11-24-39-82)109(135)116-91(52-58-102(128)144-74-83-40-25-12-26-41-83)108(134)114-89(50-56-100(126)142-72-81-36-21-10-22-37-81)106(132)112-87(48-54-98(124)140-70-79-32-17-8-18-33-79)94(120)42-27-59-137-62-63-138-61-60-136-5/h6-26,28-41,43-44,46-47,84-85,87-93,119H,27,42,45,48-74H2,1-5H3,(H,111,118)(H,112,132)(H,113,130)(H,114,134)(H,115,133)(H,116,135)(H,117,131)/t84-,85-,87-,88-,89-,90-,91-,92-,93+/m1/s1. The summed E-state index contributed by atoms with van der Waals surface area (Å²) in [6.45, 7) is 5.72. The SMILES string of the molecule is COCCOCCOCCCC(=O)[C@@H](CCC(=O)OCc1ccccc1)NC(=O)[C@@H](CCC(=O)OCc1ccccc1)NC(=O)[C@@H](CCC(=O)OCc1ccccc1)NC(=O)[C@@H](CCC(=O)OCc1ccccc1)NC(=O)[C@@H](CCC(=O)OCc1ccccc1)NC(=O)[C@H](CCC(=O)OCc1ccccc1)CC(=O)[C@@H](Cc1ccccc1)NC(=O)[C@@H](CC(=O)[C@H](CC(=O)OC(C)(C)C)NC(C)=O)Cc1ccc(O)cc1. The van der Waals surface area contributed by atoms with Gasteiger partial charge < -0.3 is 89.7 Å². The summed E-state index contributed by atoms with van der Waals surface area (Å²) >= 11 is 0. The highest BCUT2D eigenvalue weighted by Gasteiger charge is 2.39. The first-order valence-corrected chi connectivity index (χ1v) is 48.3. The first kappa shape index (κ1) is 115. The van der Waals surface area contributed by atoms with Crippen LogP contribution in [0.15, 0.2) is 237 Å². The predicted octanol–water partition coefficient (Wildman–Crippen LogP) is 10.6. The summed E-state index contributed by atoms with van der Waals surface area (Å²) in [5, 5.41) is 28.7. The van der Waals surface area contributed by atoms with Crippen LogP contribution in [0, 0.1) is 11.8 Å². The largest absolute Gasteiger partial charge is 0.508 e. The molecule has 774 valence electrons. The van der Waals surface area contributed by atoms with E-state index in [1.807, 2.05) is 0 Å². The number of benzene rings is 8. The van der Waals surface area contributed by atoms with Crippen molar-refractivity contribution >= 4 is 100 Å². The van der Waals surface area contributed by atoms with Crippen LogP contribution in [0.5, 0.6) is 5.75 Å². The molecule has 0 unspecified atom stereocenters. The number of carbonyl (C=O) groups is 17. The highest BCUT2D eigenvalue weighted by Crippen LogP contribution is 2.25. The van der Waals surface area contributed by atoms with Gasteiger partial charge in [0.15, 0.2) is 17.3 Å². The number of phenols is 1. The molecule has 7 amide bonds.